The molecule has 0 unspecified atom stereocenters. The Bertz CT molecular complexity index is 1350. The number of para-hydroxylation sites is 2. The Morgan fingerprint density at radius 2 is 1.62 bits per heavy atom. The number of carbonyl (C=O) groups is 1. The Kier molecular flexibility index (Phi) is 6.23. The minimum absolute atomic E-state index is 0.0585. The summed E-state index contributed by atoms with van der Waals surface area (Å²) in [4.78, 5) is 12.3. The van der Waals surface area contributed by atoms with Crippen LogP contribution in [0, 0.1) is 5.82 Å². The van der Waals surface area contributed by atoms with Crippen LogP contribution in [0.15, 0.2) is 90.0 Å². The maximum Gasteiger partial charge on any atom is 0.261 e. The number of aromatic nitrogens is 1. The highest BCUT2D eigenvalue weighted by Crippen LogP contribution is 2.19. The Morgan fingerprint density at radius 1 is 0.906 bits per heavy atom. The number of aryl methyl sites for hydroxylation is 1. The van der Waals surface area contributed by atoms with Gasteiger partial charge in [-0.15, -0.1) is 0 Å². The van der Waals surface area contributed by atoms with Crippen LogP contribution in [0.3, 0.4) is 0 Å². The van der Waals surface area contributed by atoms with Crippen molar-refractivity contribution in [2.75, 3.05) is 11.3 Å². The van der Waals surface area contributed by atoms with Crippen LogP contribution in [-0.2, 0) is 16.6 Å². The van der Waals surface area contributed by atoms with E-state index in [0.717, 1.165) is 18.5 Å². The molecule has 0 saturated carbocycles. The third-order valence-electron chi connectivity index (χ3n) is 5.09. The van der Waals surface area contributed by atoms with Gasteiger partial charge in [0.1, 0.15) is 5.82 Å². The van der Waals surface area contributed by atoms with E-state index < -0.39 is 15.8 Å². The lowest BCUT2D eigenvalue weighted by atomic mass is 10.2. The molecule has 1 amide bonds. The molecule has 0 spiro atoms. The summed E-state index contributed by atoms with van der Waals surface area (Å²) in [6.45, 7) is 1.26. The maximum atomic E-state index is 13.7. The zero-order valence-electron chi connectivity index (χ0n) is 17.2. The molecule has 0 radical (unpaired) electrons. The summed E-state index contributed by atoms with van der Waals surface area (Å²) in [6.07, 6.45) is 2.78. The quantitative estimate of drug-likeness (QED) is 0.390. The normalized spacial score (nSPS) is 11.4. The second-order valence-electron chi connectivity index (χ2n) is 7.29. The first-order valence-electron chi connectivity index (χ1n) is 10.1. The van der Waals surface area contributed by atoms with Crippen molar-refractivity contribution in [3.8, 4) is 0 Å². The minimum Gasteiger partial charge on any atom is -0.352 e. The standard InChI is InChI=1S/C24H22FN3O3S/c25-21-7-2-3-8-22(21)27-32(30,31)20-12-10-19(11-13-20)24(29)26-15-5-16-28-17-14-18-6-1-4-9-23(18)28/h1-4,6-14,17,27H,5,15-16H2,(H,26,29). The van der Waals surface area contributed by atoms with Gasteiger partial charge in [-0.3, -0.25) is 9.52 Å². The average Bonchev–Trinajstić information content (AvgIpc) is 3.21. The van der Waals surface area contributed by atoms with Crippen molar-refractivity contribution in [3.63, 3.8) is 0 Å². The zero-order chi connectivity index (χ0) is 22.6. The minimum atomic E-state index is -3.97. The Balaban J connectivity index is 1.32. The summed E-state index contributed by atoms with van der Waals surface area (Å²) in [5, 5.41) is 4.02. The van der Waals surface area contributed by atoms with E-state index in [1.165, 1.54) is 53.9 Å². The molecule has 0 fully saturated rings. The molecule has 0 atom stereocenters. The van der Waals surface area contributed by atoms with Gasteiger partial charge in [0.2, 0.25) is 0 Å². The molecule has 1 aromatic heterocycles. The van der Waals surface area contributed by atoms with Crippen LogP contribution >= 0.6 is 0 Å². The highest BCUT2D eigenvalue weighted by molar-refractivity contribution is 7.92. The first-order valence-corrected chi connectivity index (χ1v) is 11.6. The number of rotatable bonds is 8. The van der Waals surface area contributed by atoms with Gasteiger partial charge in [0.05, 0.1) is 10.6 Å². The fraction of sp³-hybridized carbons (Fsp3) is 0.125. The average molecular weight is 452 g/mol. The maximum absolute atomic E-state index is 13.7. The number of hydrogen-bond acceptors (Lipinski definition) is 3. The first kappa shape index (κ1) is 21.6. The lowest BCUT2D eigenvalue weighted by Gasteiger charge is -2.10. The van der Waals surface area contributed by atoms with Crippen molar-refractivity contribution >= 4 is 32.5 Å². The fourth-order valence-electron chi connectivity index (χ4n) is 3.42. The number of nitrogens with one attached hydrogen (secondary N) is 2. The highest BCUT2D eigenvalue weighted by atomic mass is 32.2. The molecule has 1 heterocycles. The molecule has 0 bridgehead atoms. The van der Waals surface area contributed by atoms with Gasteiger partial charge in [-0.25, -0.2) is 12.8 Å². The van der Waals surface area contributed by atoms with Crippen LogP contribution in [0.5, 0.6) is 0 Å². The monoisotopic (exact) mass is 451 g/mol. The van der Waals surface area contributed by atoms with E-state index in [0.29, 0.717) is 12.1 Å². The van der Waals surface area contributed by atoms with Gasteiger partial charge in [-0.2, -0.15) is 0 Å². The van der Waals surface area contributed by atoms with E-state index in [1.54, 1.807) is 0 Å². The van der Waals surface area contributed by atoms with Gasteiger partial charge < -0.3 is 9.88 Å². The van der Waals surface area contributed by atoms with E-state index in [1.807, 2.05) is 18.3 Å². The molecule has 4 rings (SSSR count). The number of nitrogens with zero attached hydrogens (tertiary/aromatic N) is 1. The fourth-order valence-corrected chi connectivity index (χ4v) is 4.49. The molecule has 2 N–H and O–H groups in total. The molecule has 0 aliphatic rings. The first-order chi connectivity index (χ1) is 15.4. The molecule has 3 aromatic carbocycles. The van der Waals surface area contributed by atoms with Crippen LogP contribution in [0.25, 0.3) is 10.9 Å². The van der Waals surface area contributed by atoms with Gasteiger partial charge in [-0.05, 0) is 60.3 Å². The number of anilines is 1. The van der Waals surface area contributed by atoms with Gasteiger partial charge >= 0.3 is 0 Å². The van der Waals surface area contributed by atoms with E-state index in [-0.39, 0.29) is 16.5 Å². The largest absolute Gasteiger partial charge is 0.352 e. The van der Waals surface area contributed by atoms with E-state index in [2.05, 4.69) is 32.8 Å². The molecular formula is C24H22FN3O3S. The smallest absolute Gasteiger partial charge is 0.261 e. The number of fused-ring (bicyclic) bond motifs is 1. The molecule has 4 aromatic rings. The summed E-state index contributed by atoms with van der Waals surface area (Å²) in [6, 6.07) is 21.2. The van der Waals surface area contributed by atoms with Crippen LogP contribution in [0.2, 0.25) is 0 Å². The van der Waals surface area contributed by atoms with Gasteiger partial charge in [-0.1, -0.05) is 30.3 Å². The predicted octanol–water partition coefficient (Wildman–Crippen LogP) is 4.40. The van der Waals surface area contributed by atoms with Crippen LogP contribution in [-0.4, -0.2) is 25.4 Å². The lowest BCUT2D eigenvalue weighted by molar-refractivity contribution is 0.0952. The highest BCUT2D eigenvalue weighted by Gasteiger charge is 2.17. The second kappa shape index (κ2) is 9.23. The number of carbonyl (C=O) groups excluding carboxylic acids is 1. The lowest BCUT2D eigenvalue weighted by Crippen LogP contribution is -2.25. The van der Waals surface area contributed by atoms with Crippen molar-refractivity contribution in [1.82, 2.24) is 9.88 Å². The Morgan fingerprint density at radius 3 is 2.41 bits per heavy atom. The summed E-state index contributed by atoms with van der Waals surface area (Å²) in [5.41, 5.74) is 1.37. The third-order valence-corrected chi connectivity index (χ3v) is 6.47. The Labute approximate surface area is 185 Å². The topological polar surface area (TPSA) is 80.2 Å². The van der Waals surface area contributed by atoms with E-state index >= 15 is 0 Å². The number of benzene rings is 3. The van der Waals surface area contributed by atoms with Gasteiger partial charge in [0.15, 0.2) is 0 Å². The van der Waals surface area contributed by atoms with Crippen molar-refractivity contribution < 1.29 is 17.6 Å². The molecule has 0 saturated heterocycles. The van der Waals surface area contributed by atoms with Gasteiger partial charge in [0, 0.05) is 30.4 Å². The summed E-state index contributed by atoms with van der Waals surface area (Å²) >= 11 is 0. The van der Waals surface area contributed by atoms with E-state index in [9.17, 15) is 17.6 Å². The molecule has 0 aliphatic carbocycles. The summed E-state index contributed by atoms with van der Waals surface area (Å²) in [7, 11) is -3.97. The van der Waals surface area contributed by atoms with Crippen LogP contribution in [0.4, 0.5) is 10.1 Å². The van der Waals surface area contributed by atoms with Crippen molar-refractivity contribution in [3.05, 3.63) is 96.4 Å². The third kappa shape index (κ3) is 4.81. The summed E-state index contributed by atoms with van der Waals surface area (Å²) in [5.74, 6) is -0.951. The zero-order valence-corrected chi connectivity index (χ0v) is 18.0. The molecule has 6 nitrogen and oxygen atoms in total. The molecule has 32 heavy (non-hydrogen) atoms. The number of hydrogen-bond donors (Lipinski definition) is 2. The number of sulfonamides is 1. The van der Waals surface area contributed by atoms with Crippen molar-refractivity contribution in [2.45, 2.75) is 17.9 Å². The number of amides is 1. The molecule has 0 aliphatic heterocycles. The van der Waals surface area contributed by atoms with Crippen molar-refractivity contribution in [1.29, 1.82) is 0 Å². The van der Waals surface area contributed by atoms with Crippen LogP contribution in [0.1, 0.15) is 16.8 Å². The second-order valence-corrected chi connectivity index (χ2v) is 8.97. The molecule has 8 heteroatoms. The van der Waals surface area contributed by atoms with E-state index in [4.69, 9.17) is 0 Å². The summed E-state index contributed by atoms with van der Waals surface area (Å²) < 4.78 is 43.0. The molecule has 164 valence electrons. The predicted molar refractivity (Wildman–Crippen MR) is 123 cm³/mol. The van der Waals surface area contributed by atoms with Crippen molar-refractivity contribution in [2.24, 2.45) is 0 Å². The van der Waals surface area contributed by atoms with Crippen LogP contribution < -0.4 is 10.0 Å². The SMILES string of the molecule is O=C(NCCCn1ccc2ccccc21)c1ccc(S(=O)(=O)Nc2ccccc2F)cc1. The van der Waals surface area contributed by atoms with Gasteiger partial charge in [0.25, 0.3) is 15.9 Å². The Hall–Kier alpha value is -3.65. The number of halogens is 1. The molecular weight excluding hydrogens is 429 g/mol.